The Morgan fingerprint density at radius 3 is 2.93 bits per heavy atom. The largest absolute Gasteiger partial charge is 0.469 e. The highest BCUT2D eigenvalue weighted by molar-refractivity contribution is 5.15. The van der Waals surface area contributed by atoms with Gasteiger partial charge in [-0.05, 0) is 13.0 Å². The molecule has 1 unspecified atom stereocenters. The number of hydrogen-bond acceptors (Lipinski definition) is 4. The van der Waals surface area contributed by atoms with E-state index in [1.165, 1.54) is 6.33 Å². The van der Waals surface area contributed by atoms with Gasteiger partial charge in [0.15, 0.2) is 0 Å². The molecule has 0 fully saturated rings. The van der Waals surface area contributed by atoms with Crippen LogP contribution < -0.4 is 0 Å². The smallest absolute Gasteiger partial charge is 0.138 e. The molecule has 2 rings (SSSR count). The average molecular weight is 207 g/mol. The molecule has 0 aliphatic rings. The fourth-order valence-corrected chi connectivity index (χ4v) is 1.43. The molecule has 1 atom stereocenters. The standard InChI is InChI=1S/C10H13N3O2/c1-7-3-8(5-15-7)9(14)4-10-11-6-12-13(10)2/h3,5-6,9,14H,4H2,1-2H3. The van der Waals surface area contributed by atoms with E-state index in [-0.39, 0.29) is 0 Å². The molecule has 2 aromatic heterocycles. The zero-order valence-corrected chi connectivity index (χ0v) is 8.71. The zero-order valence-electron chi connectivity index (χ0n) is 8.71. The third kappa shape index (κ3) is 2.07. The Morgan fingerprint density at radius 2 is 2.40 bits per heavy atom. The number of nitrogens with zero attached hydrogens (tertiary/aromatic N) is 3. The second-order valence-corrected chi connectivity index (χ2v) is 3.51. The summed E-state index contributed by atoms with van der Waals surface area (Å²) in [6.07, 6.45) is 2.89. The van der Waals surface area contributed by atoms with Crippen LogP contribution in [0.1, 0.15) is 23.3 Å². The summed E-state index contributed by atoms with van der Waals surface area (Å²) < 4.78 is 6.78. The normalized spacial score (nSPS) is 13.0. The highest BCUT2D eigenvalue weighted by atomic mass is 16.3. The van der Waals surface area contributed by atoms with Crippen molar-refractivity contribution in [3.63, 3.8) is 0 Å². The number of aliphatic hydroxyl groups is 1. The van der Waals surface area contributed by atoms with Gasteiger partial charge in [-0.2, -0.15) is 5.10 Å². The van der Waals surface area contributed by atoms with Gasteiger partial charge in [-0.3, -0.25) is 4.68 Å². The monoisotopic (exact) mass is 207 g/mol. The minimum absolute atomic E-state index is 0.440. The number of rotatable bonds is 3. The van der Waals surface area contributed by atoms with E-state index in [0.29, 0.717) is 6.42 Å². The lowest BCUT2D eigenvalue weighted by atomic mass is 10.1. The predicted molar refractivity (Wildman–Crippen MR) is 53.1 cm³/mol. The van der Waals surface area contributed by atoms with E-state index < -0.39 is 6.10 Å². The quantitative estimate of drug-likeness (QED) is 0.815. The van der Waals surface area contributed by atoms with E-state index in [1.807, 2.05) is 13.0 Å². The molecular formula is C10H13N3O2. The van der Waals surface area contributed by atoms with Crippen LogP contribution in [0.5, 0.6) is 0 Å². The van der Waals surface area contributed by atoms with Gasteiger partial charge in [0.25, 0.3) is 0 Å². The molecule has 0 aliphatic carbocycles. The van der Waals surface area contributed by atoms with Crippen molar-refractivity contribution in [3.8, 4) is 0 Å². The summed E-state index contributed by atoms with van der Waals surface area (Å²) >= 11 is 0. The zero-order chi connectivity index (χ0) is 10.8. The third-order valence-electron chi connectivity index (χ3n) is 2.32. The maximum atomic E-state index is 9.89. The molecule has 15 heavy (non-hydrogen) atoms. The summed E-state index contributed by atoms with van der Waals surface area (Å²) in [5.74, 6) is 1.54. The van der Waals surface area contributed by atoms with Crippen molar-refractivity contribution in [2.75, 3.05) is 0 Å². The summed E-state index contributed by atoms with van der Waals surface area (Å²) in [5.41, 5.74) is 0.774. The van der Waals surface area contributed by atoms with E-state index in [0.717, 1.165) is 17.1 Å². The van der Waals surface area contributed by atoms with Gasteiger partial charge in [0.2, 0.25) is 0 Å². The Morgan fingerprint density at radius 1 is 1.60 bits per heavy atom. The molecule has 1 N–H and O–H groups in total. The van der Waals surface area contributed by atoms with Crippen LogP contribution in [0.2, 0.25) is 0 Å². The van der Waals surface area contributed by atoms with Gasteiger partial charge in [0.05, 0.1) is 12.4 Å². The van der Waals surface area contributed by atoms with Crippen molar-refractivity contribution in [1.29, 1.82) is 0 Å². The average Bonchev–Trinajstić information content (AvgIpc) is 2.77. The second kappa shape index (κ2) is 3.86. The Labute approximate surface area is 87.4 Å². The van der Waals surface area contributed by atoms with Crippen LogP contribution in [-0.4, -0.2) is 19.9 Å². The number of aliphatic hydroxyl groups excluding tert-OH is 1. The molecule has 0 aromatic carbocycles. The van der Waals surface area contributed by atoms with E-state index in [2.05, 4.69) is 10.1 Å². The van der Waals surface area contributed by atoms with Gasteiger partial charge >= 0.3 is 0 Å². The van der Waals surface area contributed by atoms with Gasteiger partial charge in [-0.15, -0.1) is 0 Å². The highest BCUT2D eigenvalue weighted by Gasteiger charge is 2.13. The van der Waals surface area contributed by atoms with Gasteiger partial charge in [-0.25, -0.2) is 4.98 Å². The molecule has 0 spiro atoms. The van der Waals surface area contributed by atoms with Crippen LogP contribution in [0.25, 0.3) is 0 Å². The summed E-state index contributed by atoms with van der Waals surface area (Å²) in [5, 5.41) is 13.8. The second-order valence-electron chi connectivity index (χ2n) is 3.51. The van der Waals surface area contributed by atoms with Gasteiger partial charge < -0.3 is 9.52 Å². The predicted octanol–water partition coefficient (Wildman–Crippen LogP) is 0.993. The fraction of sp³-hybridized carbons (Fsp3) is 0.400. The lowest BCUT2D eigenvalue weighted by molar-refractivity contribution is 0.173. The summed E-state index contributed by atoms with van der Waals surface area (Å²) in [7, 11) is 1.80. The summed E-state index contributed by atoms with van der Waals surface area (Å²) in [6, 6.07) is 1.82. The first-order valence-corrected chi connectivity index (χ1v) is 4.73. The Kier molecular flexibility index (Phi) is 2.55. The van der Waals surface area contributed by atoms with Crippen molar-refractivity contribution in [3.05, 3.63) is 35.8 Å². The minimum atomic E-state index is -0.592. The topological polar surface area (TPSA) is 64.1 Å². The van der Waals surface area contributed by atoms with Crippen LogP contribution in [0.15, 0.2) is 23.1 Å². The molecule has 2 aromatic rings. The maximum Gasteiger partial charge on any atom is 0.138 e. The first kappa shape index (κ1) is 9.92. The molecule has 0 aliphatic heterocycles. The molecule has 0 saturated carbocycles. The first-order chi connectivity index (χ1) is 7.16. The molecule has 0 amide bonds. The van der Waals surface area contributed by atoms with Crippen molar-refractivity contribution in [2.45, 2.75) is 19.4 Å². The fourth-order valence-electron chi connectivity index (χ4n) is 1.43. The third-order valence-corrected chi connectivity index (χ3v) is 2.32. The van der Waals surface area contributed by atoms with Crippen LogP contribution in [0.4, 0.5) is 0 Å². The van der Waals surface area contributed by atoms with Gasteiger partial charge in [-0.1, -0.05) is 0 Å². The van der Waals surface area contributed by atoms with E-state index >= 15 is 0 Å². The molecule has 80 valence electrons. The van der Waals surface area contributed by atoms with Crippen molar-refractivity contribution < 1.29 is 9.52 Å². The van der Waals surface area contributed by atoms with Crippen LogP contribution in [-0.2, 0) is 13.5 Å². The lowest BCUT2D eigenvalue weighted by Gasteiger charge is -2.06. The highest BCUT2D eigenvalue weighted by Crippen LogP contribution is 2.19. The SMILES string of the molecule is Cc1cc(C(O)Cc2ncnn2C)co1. The molecular weight excluding hydrogens is 194 g/mol. The molecule has 0 radical (unpaired) electrons. The molecule has 0 bridgehead atoms. The van der Waals surface area contributed by atoms with E-state index in [4.69, 9.17) is 4.42 Å². The minimum Gasteiger partial charge on any atom is -0.469 e. The Bertz CT molecular complexity index is 447. The van der Waals surface area contributed by atoms with E-state index in [1.54, 1.807) is 18.0 Å². The van der Waals surface area contributed by atoms with Crippen molar-refractivity contribution in [2.24, 2.45) is 7.05 Å². The number of aryl methyl sites for hydroxylation is 2. The first-order valence-electron chi connectivity index (χ1n) is 4.73. The van der Waals surface area contributed by atoms with Crippen molar-refractivity contribution >= 4 is 0 Å². The lowest BCUT2D eigenvalue weighted by Crippen LogP contribution is -2.06. The maximum absolute atomic E-state index is 9.89. The van der Waals surface area contributed by atoms with Gasteiger partial charge in [0, 0.05) is 19.0 Å². The summed E-state index contributed by atoms with van der Waals surface area (Å²) in [4.78, 5) is 4.05. The Balaban J connectivity index is 2.10. The number of hydrogen-bond donors (Lipinski definition) is 1. The van der Waals surface area contributed by atoms with Crippen molar-refractivity contribution in [1.82, 2.24) is 14.8 Å². The number of furan rings is 1. The molecule has 5 nitrogen and oxygen atoms in total. The molecule has 2 heterocycles. The summed E-state index contributed by atoms with van der Waals surface area (Å²) in [6.45, 7) is 1.85. The Hall–Kier alpha value is -1.62. The molecule has 5 heteroatoms. The van der Waals surface area contributed by atoms with E-state index in [9.17, 15) is 5.11 Å². The number of aromatic nitrogens is 3. The van der Waals surface area contributed by atoms with Crippen LogP contribution in [0, 0.1) is 6.92 Å². The van der Waals surface area contributed by atoms with Crippen LogP contribution in [0.3, 0.4) is 0 Å². The van der Waals surface area contributed by atoms with Gasteiger partial charge in [0.1, 0.15) is 17.9 Å². The van der Waals surface area contributed by atoms with Crippen LogP contribution >= 0.6 is 0 Å². The molecule has 0 saturated heterocycles.